The molecule has 1 aromatic heterocycles. The normalized spacial score (nSPS) is 11.2. The fraction of sp³-hybridized carbons (Fsp3) is 0.267. The number of amides is 2. The molecule has 0 bridgehead atoms. The van der Waals surface area contributed by atoms with Crippen LogP contribution in [0.3, 0.4) is 0 Å². The molecule has 2 aromatic rings. The molecular weight excluding hydrogens is 341 g/mol. The molecule has 0 aliphatic rings. The number of aryl methyl sites for hydroxylation is 1. The summed E-state index contributed by atoms with van der Waals surface area (Å²) >= 11 is 0. The van der Waals surface area contributed by atoms with Crippen LogP contribution in [0.2, 0.25) is 0 Å². The summed E-state index contributed by atoms with van der Waals surface area (Å²) in [5, 5.41) is 17.4. The Morgan fingerprint density at radius 3 is 2.64 bits per heavy atom. The Hall–Kier alpha value is -3.04. The quantitative estimate of drug-likeness (QED) is 0.767. The van der Waals surface area contributed by atoms with Crippen LogP contribution in [0.25, 0.3) is 5.69 Å². The Morgan fingerprint density at radius 1 is 1.28 bits per heavy atom. The highest BCUT2D eigenvalue weighted by molar-refractivity contribution is 5.89. The molecule has 134 valence electrons. The van der Waals surface area contributed by atoms with Gasteiger partial charge in [0.1, 0.15) is 5.82 Å². The van der Waals surface area contributed by atoms with Crippen molar-refractivity contribution >= 4 is 17.8 Å². The van der Waals surface area contributed by atoms with Gasteiger partial charge in [-0.3, -0.25) is 10.1 Å². The molecule has 25 heavy (non-hydrogen) atoms. The molecule has 0 fully saturated rings. The van der Waals surface area contributed by atoms with Crippen molar-refractivity contribution in [2.24, 2.45) is 0 Å². The minimum absolute atomic E-state index is 0.0855. The molecule has 1 heterocycles. The Bertz CT molecular complexity index is 787. The number of benzene rings is 1. The maximum Gasteiger partial charge on any atom is 0.416 e. The average Bonchev–Trinajstić information content (AvgIpc) is 2.86. The number of carboxylic acid groups (broad SMARTS) is 1. The fourth-order valence-electron chi connectivity index (χ4n) is 2.04. The number of anilines is 1. The molecule has 3 N–H and O–H groups in total. The predicted octanol–water partition coefficient (Wildman–Crippen LogP) is 2.80. The van der Waals surface area contributed by atoms with E-state index in [0.717, 1.165) is 12.1 Å². The van der Waals surface area contributed by atoms with Gasteiger partial charge in [0.2, 0.25) is 0 Å². The smallest absolute Gasteiger partial charge is 0.416 e. The summed E-state index contributed by atoms with van der Waals surface area (Å²) in [6.45, 7) is 1.54. The van der Waals surface area contributed by atoms with Crippen molar-refractivity contribution < 1.29 is 27.9 Å². The van der Waals surface area contributed by atoms with E-state index in [9.17, 15) is 22.8 Å². The highest BCUT2D eigenvalue weighted by Crippen LogP contribution is 2.30. The number of carboxylic acids is 1. The van der Waals surface area contributed by atoms with E-state index in [1.807, 2.05) is 0 Å². The van der Waals surface area contributed by atoms with E-state index in [1.54, 1.807) is 6.92 Å². The van der Waals surface area contributed by atoms with Gasteiger partial charge in [0.05, 0.1) is 23.4 Å². The molecule has 2 amide bonds. The monoisotopic (exact) mass is 356 g/mol. The van der Waals surface area contributed by atoms with Crippen molar-refractivity contribution in [3.63, 3.8) is 0 Å². The lowest BCUT2D eigenvalue weighted by Gasteiger charge is -2.12. The van der Waals surface area contributed by atoms with Gasteiger partial charge >= 0.3 is 18.2 Å². The number of carbonyl (C=O) groups is 2. The molecule has 0 aliphatic carbocycles. The van der Waals surface area contributed by atoms with Crippen molar-refractivity contribution in [2.45, 2.75) is 19.5 Å². The Labute approximate surface area is 140 Å². The maximum absolute atomic E-state index is 12.8. The van der Waals surface area contributed by atoms with E-state index in [2.05, 4.69) is 15.7 Å². The van der Waals surface area contributed by atoms with Crippen LogP contribution in [0.4, 0.5) is 23.8 Å². The standard InChI is InChI=1S/C15H15F3N4O3/c1-9-7-12(20-14(25)19-6-5-13(23)24)22(21-9)11-4-2-3-10(8-11)15(16,17)18/h2-4,7-8H,5-6H2,1H3,(H,23,24)(H2,19,20,25). The van der Waals surface area contributed by atoms with E-state index in [4.69, 9.17) is 5.11 Å². The minimum atomic E-state index is -4.50. The topological polar surface area (TPSA) is 96.3 Å². The van der Waals surface area contributed by atoms with Gasteiger partial charge in [-0.1, -0.05) is 6.07 Å². The number of hydrogen-bond donors (Lipinski definition) is 3. The summed E-state index contributed by atoms with van der Waals surface area (Å²) in [4.78, 5) is 22.2. The Balaban J connectivity index is 2.21. The molecule has 0 spiro atoms. The van der Waals surface area contributed by atoms with Gasteiger partial charge in [0.25, 0.3) is 0 Å². The molecule has 0 aliphatic heterocycles. The van der Waals surface area contributed by atoms with Gasteiger partial charge in [-0.25, -0.2) is 9.48 Å². The molecular formula is C15H15F3N4O3. The number of alkyl halides is 3. The summed E-state index contributed by atoms with van der Waals surface area (Å²) in [7, 11) is 0. The van der Waals surface area contributed by atoms with E-state index in [1.165, 1.54) is 22.9 Å². The summed E-state index contributed by atoms with van der Waals surface area (Å²) in [5.41, 5.74) is -0.225. The van der Waals surface area contributed by atoms with Crippen LogP contribution in [0.1, 0.15) is 17.7 Å². The molecule has 2 rings (SSSR count). The number of halogens is 3. The third kappa shape index (κ3) is 4.96. The first kappa shape index (κ1) is 18.3. The lowest BCUT2D eigenvalue weighted by molar-refractivity contribution is -0.138. The van der Waals surface area contributed by atoms with Gasteiger partial charge in [0, 0.05) is 12.6 Å². The third-order valence-electron chi connectivity index (χ3n) is 3.12. The predicted molar refractivity (Wildman–Crippen MR) is 82.6 cm³/mol. The van der Waals surface area contributed by atoms with E-state index >= 15 is 0 Å². The van der Waals surface area contributed by atoms with Crippen molar-refractivity contribution in [1.82, 2.24) is 15.1 Å². The zero-order valence-electron chi connectivity index (χ0n) is 13.1. The van der Waals surface area contributed by atoms with Crippen LogP contribution in [0, 0.1) is 6.92 Å². The number of aromatic nitrogens is 2. The van der Waals surface area contributed by atoms with Crippen LogP contribution in [0.5, 0.6) is 0 Å². The van der Waals surface area contributed by atoms with Gasteiger partial charge in [0.15, 0.2) is 0 Å². The SMILES string of the molecule is Cc1cc(NC(=O)NCCC(=O)O)n(-c2cccc(C(F)(F)F)c2)n1. The van der Waals surface area contributed by atoms with Gasteiger partial charge in [-0.05, 0) is 25.1 Å². The largest absolute Gasteiger partial charge is 0.481 e. The van der Waals surface area contributed by atoms with E-state index in [0.29, 0.717) is 5.69 Å². The Morgan fingerprint density at radius 2 is 2.00 bits per heavy atom. The van der Waals surface area contributed by atoms with Crippen molar-refractivity contribution in [2.75, 3.05) is 11.9 Å². The number of nitrogens with one attached hydrogen (secondary N) is 2. The minimum Gasteiger partial charge on any atom is -0.481 e. The van der Waals surface area contributed by atoms with Crippen molar-refractivity contribution in [1.29, 1.82) is 0 Å². The Kier molecular flexibility index (Phi) is 5.30. The number of nitrogens with zero attached hydrogens (tertiary/aromatic N) is 2. The average molecular weight is 356 g/mol. The lowest BCUT2D eigenvalue weighted by atomic mass is 10.2. The summed E-state index contributed by atoms with van der Waals surface area (Å²) in [6.07, 6.45) is -4.75. The summed E-state index contributed by atoms with van der Waals surface area (Å²) in [5.74, 6) is -0.908. The fourth-order valence-corrected chi connectivity index (χ4v) is 2.04. The lowest BCUT2D eigenvalue weighted by Crippen LogP contribution is -2.31. The van der Waals surface area contributed by atoms with Gasteiger partial charge in [-0.2, -0.15) is 18.3 Å². The van der Waals surface area contributed by atoms with Gasteiger partial charge in [-0.15, -0.1) is 0 Å². The molecule has 0 unspecified atom stereocenters. The number of hydrogen-bond acceptors (Lipinski definition) is 3. The van der Waals surface area contributed by atoms with Crippen molar-refractivity contribution in [3.8, 4) is 5.69 Å². The van der Waals surface area contributed by atoms with Gasteiger partial charge < -0.3 is 10.4 Å². The van der Waals surface area contributed by atoms with E-state index in [-0.39, 0.29) is 24.5 Å². The van der Waals surface area contributed by atoms with Crippen LogP contribution in [-0.4, -0.2) is 33.4 Å². The van der Waals surface area contributed by atoms with Crippen LogP contribution in [0.15, 0.2) is 30.3 Å². The highest BCUT2D eigenvalue weighted by Gasteiger charge is 2.30. The van der Waals surface area contributed by atoms with Crippen molar-refractivity contribution in [3.05, 3.63) is 41.6 Å². The van der Waals surface area contributed by atoms with Crippen LogP contribution < -0.4 is 10.6 Å². The molecule has 0 atom stereocenters. The number of aliphatic carboxylic acids is 1. The molecule has 1 aromatic carbocycles. The second kappa shape index (κ2) is 7.24. The zero-order chi connectivity index (χ0) is 18.6. The first-order valence-electron chi connectivity index (χ1n) is 7.18. The summed E-state index contributed by atoms with van der Waals surface area (Å²) in [6, 6.07) is 5.32. The first-order valence-corrected chi connectivity index (χ1v) is 7.18. The maximum atomic E-state index is 12.8. The second-order valence-corrected chi connectivity index (χ2v) is 5.16. The molecule has 0 saturated heterocycles. The molecule has 10 heteroatoms. The number of urea groups is 1. The third-order valence-corrected chi connectivity index (χ3v) is 3.12. The second-order valence-electron chi connectivity index (χ2n) is 5.16. The first-order chi connectivity index (χ1) is 11.7. The summed E-state index contributed by atoms with van der Waals surface area (Å²) < 4.78 is 39.7. The zero-order valence-corrected chi connectivity index (χ0v) is 13.1. The molecule has 0 radical (unpaired) electrons. The highest BCUT2D eigenvalue weighted by atomic mass is 19.4. The number of rotatable bonds is 5. The number of carbonyl (C=O) groups excluding carboxylic acids is 1. The molecule has 0 saturated carbocycles. The van der Waals surface area contributed by atoms with E-state index < -0.39 is 23.7 Å². The van der Waals surface area contributed by atoms with Crippen LogP contribution >= 0.6 is 0 Å². The van der Waals surface area contributed by atoms with Crippen LogP contribution in [-0.2, 0) is 11.0 Å². The molecule has 7 nitrogen and oxygen atoms in total.